The summed E-state index contributed by atoms with van der Waals surface area (Å²) in [6.45, 7) is 1.54. The molecule has 0 aliphatic carbocycles. The van der Waals surface area contributed by atoms with Gasteiger partial charge in [-0.15, -0.1) is 5.01 Å². The summed E-state index contributed by atoms with van der Waals surface area (Å²) in [7, 11) is 1.47. The van der Waals surface area contributed by atoms with Crippen molar-refractivity contribution in [3.8, 4) is 0 Å². The molecule has 0 radical (unpaired) electrons. The zero-order chi connectivity index (χ0) is 8.15. The minimum atomic E-state index is -0.291. The normalized spacial score (nSPS) is 14.9. The summed E-state index contributed by atoms with van der Waals surface area (Å²) in [5.41, 5.74) is 0. The van der Waals surface area contributed by atoms with Crippen LogP contribution in [0.2, 0.25) is 0 Å². The third-order valence-electron chi connectivity index (χ3n) is 1.26. The van der Waals surface area contributed by atoms with E-state index in [1.54, 1.807) is 6.92 Å². The van der Waals surface area contributed by atoms with Crippen molar-refractivity contribution in [1.82, 2.24) is 5.01 Å². The van der Waals surface area contributed by atoms with Crippen LogP contribution in [0.1, 0.15) is 6.92 Å². The second kappa shape index (κ2) is 3.89. The van der Waals surface area contributed by atoms with Crippen molar-refractivity contribution in [2.75, 3.05) is 13.7 Å². The van der Waals surface area contributed by atoms with E-state index in [2.05, 4.69) is 5.28 Å². The molecular weight excluding hydrogens is 138 g/mol. The number of rotatable bonds is 3. The van der Waals surface area contributed by atoms with Gasteiger partial charge in [-0.05, 0) is 6.92 Å². The van der Waals surface area contributed by atoms with Gasteiger partial charge in [0.25, 0.3) is 10.2 Å². The Morgan fingerprint density at radius 1 is 1.70 bits per heavy atom. The van der Waals surface area contributed by atoms with Crippen LogP contribution in [0.5, 0.6) is 0 Å². The molecule has 0 aliphatic heterocycles. The third-order valence-corrected chi connectivity index (χ3v) is 1.26. The first kappa shape index (κ1) is 8.96. The molecule has 0 saturated heterocycles. The largest absolute Gasteiger partial charge is 0.394 e. The van der Waals surface area contributed by atoms with E-state index in [-0.39, 0.29) is 17.6 Å². The highest BCUT2D eigenvalue weighted by Gasteiger charge is 2.18. The summed E-state index contributed by atoms with van der Waals surface area (Å²) < 4.78 is 0. The topological polar surface area (TPSA) is 79.3 Å². The second-order valence-corrected chi connectivity index (χ2v) is 1.96. The van der Waals surface area contributed by atoms with Crippen LogP contribution in [-0.2, 0) is 0 Å². The van der Waals surface area contributed by atoms with Gasteiger partial charge in [0.1, 0.15) is 6.04 Å². The first-order valence-electron chi connectivity index (χ1n) is 2.81. The van der Waals surface area contributed by atoms with Crippen molar-refractivity contribution in [2.24, 2.45) is 5.28 Å². The molecule has 0 aliphatic rings. The summed E-state index contributed by atoms with van der Waals surface area (Å²) in [4.78, 5) is 0.251. The highest BCUT2D eigenvalue weighted by molar-refractivity contribution is 4.48. The van der Waals surface area contributed by atoms with Crippen molar-refractivity contribution < 1.29 is 20.5 Å². The Morgan fingerprint density at radius 2 is 2.20 bits per heavy atom. The van der Waals surface area contributed by atoms with Crippen LogP contribution in [0.4, 0.5) is 0 Å². The summed E-state index contributed by atoms with van der Waals surface area (Å²) >= 11 is 0. The molecule has 0 bridgehead atoms. The molecule has 6 nitrogen and oxygen atoms in total. The van der Waals surface area contributed by atoms with Crippen LogP contribution < -0.4 is 0 Å². The molecule has 3 N–H and O–H groups in total. The fraction of sp³-hybridized carbons (Fsp3) is 1.00. The van der Waals surface area contributed by atoms with Gasteiger partial charge in [-0.25, -0.2) is 5.21 Å². The minimum absolute atomic E-state index is 0.122. The Bertz CT molecular complexity index is 127. The maximum absolute atomic E-state index is 8.66. The Kier molecular flexibility index (Phi) is 3.48. The first-order chi connectivity index (χ1) is 4.63. The molecule has 0 rings (SSSR count). The van der Waals surface area contributed by atoms with Crippen molar-refractivity contribution in [3.05, 3.63) is 0 Å². The maximum Gasteiger partial charge on any atom is 0.271 e. The van der Waals surface area contributed by atoms with E-state index in [0.717, 1.165) is 0 Å². The minimum Gasteiger partial charge on any atom is -0.394 e. The van der Waals surface area contributed by atoms with Crippen LogP contribution in [0.3, 0.4) is 0 Å². The number of aliphatic hydroxyl groups excluding tert-OH is 1. The van der Waals surface area contributed by atoms with Crippen molar-refractivity contribution in [2.45, 2.75) is 13.0 Å². The fourth-order valence-electron chi connectivity index (χ4n) is 0.358. The maximum atomic E-state index is 8.66. The van der Waals surface area contributed by atoms with Gasteiger partial charge in [0, 0.05) is 0 Å². The monoisotopic (exact) mass is 150 g/mol. The SMILES string of the molecule is C[C@@H](CO)N(C)/[N+](O)=N/O. The van der Waals surface area contributed by atoms with E-state index in [4.69, 9.17) is 15.5 Å². The highest BCUT2D eigenvalue weighted by atomic mass is 16.6. The Hall–Kier alpha value is -1.04. The lowest BCUT2D eigenvalue weighted by molar-refractivity contribution is -0.941. The lowest BCUT2D eigenvalue weighted by atomic mass is 10.4. The predicted molar refractivity (Wildman–Crippen MR) is 30.6 cm³/mol. The molecule has 0 unspecified atom stereocenters. The average molecular weight is 150 g/mol. The van der Waals surface area contributed by atoms with Gasteiger partial charge in [0.15, 0.2) is 0 Å². The van der Waals surface area contributed by atoms with E-state index in [9.17, 15) is 0 Å². The number of hydrogen-bond acceptors (Lipinski definition) is 2. The molecular formula is C4H12N3O3+. The van der Waals surface area contributed by atoms with Gasteiger partial charge in [0.2, 0.25) is 0 Å². The Balaban J connectivity index is 3.94. The smallest absolute Gasteiger partial charge is 0.271 e. The first-order valence-corrected chi connectivity index (χ1v) is 2.81. The molecule has 0 saturated carbocycles. The summed E-state index contributed by atoms with van der Waals surface area (Å²) in [6.07, 6.45) is 0. The van der Waals surface area contributed by atoms with Gasteiger partial charge in [-0.2, -0.15) is 0 Å². The number of aliphatic hydroxyl groups is 1. The fourth-order valence-corrected chi connectivity index (χ4v) is 0.358. The lowest BCUT2D eigenvalue weighted by Gasteiger charge is -2.11. The number of nitrogens with zero attached hydrogens (tertiary/aromatic N) is 3. The molecule has 0 aromatic carbocycles. The van der Waals surface area contributed by atoms with Crippen LogP contribution in [-0.4, -0.2) is 45.2 Å². The number of likely N-dealkylation sites (N-methyl/N-ethyl adjacent to an activating group) is 1. The summed E-state index contributed by atoms with van der Waals surface area (Å²) in [6, 6.07) is -0.291. The Morgan fingerprint density at radius 3 is 2.50 bits per heavy atom. The lowest BCUT2D eigenvalue weighted by Crippen LogP contribution is -2.38. The van der Waals surface area contributed by atoms with Gasteiger partial charge in [0.05, 0.1) is 13.7 Å². The van der Waals surface area contributed by atoms with E-state index in [0.29, 0.717) is 0 Å². The molecule has 0 heterocycles. The molecule has 0 amide bonds. The van der Waals surface area contributed by atoms with E-state index in [1.807, 2.05) is 0 Å². The average Bonchev–Trinajstić information content (AvgIpc) is 2.00. The van der Waals surface area contributed by atoms with Crippen LogP contribution in [0, 0.1) is 0 Å². The van der Waals surface area contributed by atoms with Crippen molar-refractivity contribution in [1.29, 1.82) is 0 Å². The molecule has 0 fully saturated rings. The van der Waals surface area contributed by atoms with Crippen LogP contribution in [0.25, 0.3) is 0 Å². The standard InChI is InChI=1S/C4H11N3O3/c1-4(3-8)6(2)7(10)5-9/h4,8,10H,3H2,1-2H3/p+1/t4-/m0/s1. The van der Waals surface area contributed by atoms with Crippen LogP contribution in [0.15, 0.2) is 5.28 Å². The third kappa shape index (κ3) is 2.06. The Labute approximate surface area is 58.5 Å². The molecule has 60 valence electrons. The van der Waals surface area contributed by atoms with Crippen molar-refractivity contribution in [3.63, 3.8) is 0 Å². The second-order valence-electron chi connectivity index (χ2n) is 1.96. The summed E-state index contributed by atoms with van der Waals surface area (Å²) in [5, 5.41) is 28.9. The molecule has 0 aromatic rings. The molecule has 0 spiro atoms. The number of hydrogen-bond donors (Lipinski definition) is 3. The molecule has 10 heavy (non-hydrogen) atoms. The van der Waals surface area contributed by atoms with E-state index in [1.165, 1.54) is 12.1 Å². The zero-order valence-corrected chi connectivity index (χ0v) is 5.97. The van der Waals surface area contributed by atoms with Crippen molar-refractivity contribution >= 4 is 0 Å². The molecule has 0 aromatic heterocycles. The predicted octanol–water partition coefficient (Wildman–Crippen LogP) is -0.543. The quantitative estimate of drug-likeness (QED) is 0.287. The highest BCUT2D eigenvalue weighted by Crippen LogP contribution is 1.92. The summed E-state index contributed by atoms with van der Waals surface area (Å²) in [5.74, 6) is 0. The van der Waals surface area contributed by atoms with Gasteiger partial charge in [-0.3, -0.25) is 0 Å². The zero-order valence-electron chi connectivity index (χ0n) is 5.97. The molecule has 1 atom stereocenters. The van der Waals surface area contributed by atoms with Crippen LogP contribution >= 0.6 is 0 Å². The number of hydrazine groups is 1. The van der Waals surface area contributed by atoms with E-state index < -0.39 is 0 Å². The van der Waals surface area contributed by atoms with Gasteiger partial charge < -0.3 is 10.3 Å². The molecule has 6 heteroatoms. The van der Waals surface area contributed by atoms with Gasteiger partial charge in [-0.1, -0.05) is 0 Å². The van der Waals surface area contributed by atoms with E-state index >= 15 is 0 Å². The van der Waals surface area contributed by atoms with Gasteiger partial charge >= 0.3 is 0 Å².